The lowest BCUT2D eigenvalue weighted by Crippen LogP contribution is -2.29. The van der Waals surface area contributed by atoms with E-state index >= 15 is 0 Å². The molecule has 0 radical (unpaired) electrons. The fourth-order valence-corrected chi connectivity index (χ4v) is 5.74. The molecule has 3 aromatic heterocycles. The Bertz CT molecular complexity index is 1760. The van der Waals surface area contributed by atoms with Crippen molar-refractivity contribution in [1.29, 1.82) is 0 Å². The van der Waals surface area contributed by atoms with Gasteiger partial charge in [-0.05, 0) is 48.1 Å². The van der Waals surface area contributed by atoms with Crippen LogP contribution in [-0.2, 0) is 13.5 Å². The van der Waals surface area contributed by atoms with Gasteiger partial charge in [-0.25, -0.2) is 11.1 Å². The second-order valence-corrected chi connectivity index (χ2v) is 9.92. The number of hydrogen-bond acceptors (Lipinski definition) is 0. The smallest absolute Gasteiger partial charge is 0.231 e. The van der Waals surface area contributed by atoms with E-state index in [0.29, 0.717) is 0 Å². The number of benzene rings is 3. The summed E-state index contributed by atoms with van der Waals surface area (Å²) in [6, 6.07) is 17.9. The molecule has 3 nitrogen and oxygen atoms in total. The Morgan fingerprint density at radius 3 is 2.47 bits per heavy atom. The normalized spacial score (nSPS) is 12.6. The number of aromatic nitrogens is 2. The molecule has 0 N–H and O–H groups in total. The fourth-order valence-electron chi connectivity index (χ4n) is 5.74. The van der Waals surface area contributed by atoms with Crippen LogP contribution in [0.4, 0.5) is 0 Å². The van der Waals surface area contributed by atoms with Gasteiger partial charge in [0, 0.05) is 30.7 Å². The van der Waals surface area contributed by atoms with Crippen LogP contribution in [0.2, 0.25) is 0 Å². The van der Waals surface area contributed by atoms with Gasteiger partial charge in [0.15, 0.2) is 6.20 Å². The van der Waals surface area contributed by atoms with Gasteiger partial charge < -0.3 is 9.25 Å². The maximum absolute atomic E-state index is 7.63. The number of pyridine rings is 2. The summed E-state index contributed by atoms with van der Waals surface area (Å²) in [6.07, 6.45) is 2.91. The maximum Gasteiger partial charge on any atom is 0.231 e. The molecule has 156 valence electrons. The average Bonchev–Trinajstić information content (AvgIpc) is 3.10. The molecule has 0 spiro atoms. The molecule has 0 aliphatic carbocycles. The van der Waals surface area contributed by atoms with Gasteiger partial charge in [-0.15, -0.1) is 0 Å². The molecule has 6 rings (SSSR count). The first-order valence-electron chi connectivity index (χ1n) is 11.2. The Labute approximate surface area is 187 Å². The Hall–Kier alpha value is -3.64. The van der Waals surface area contributed by atoms with Crippen LogP contribution in [-0.4, -0.2) is 9.94 Å². The molecule has 0 saturated heterocycles. The molecule has 3 heteroatoms. The van der Waals surface area contributed by atoms with E-state index in [0.717, 1.165) is 6.42 Å². The predicted octanol–water partition coefficient (Wildman–Crippen LogP) is 6.67. The molecule has 0 atom stereocenters. The SMILES string of the molecule is [C-]#[N+]C(C)(C)Cc1cc2cc[n+](C)c3c4c(C)cc(C)c5c6ccccc6n(c(c1)c23)c54. The highest BCUT2D eigenvalue weighted by Crippen LogP contribution is 2.42. The minimum atomic E-state index is -0.420. The molecule has 3 aromatic carbocycles. The minimum absolute atomic E-state index is 0.420. The maximum atomic E-state index is 7.63. The number of fused-ring (bicyclic) bond motifs is 5. The summed E-state index contributed by atoms with van der Waals surface area (Å²) in [5, 5.41) is 6.51. The van der Waals surface area contributed by atoms with Gasteiger partial charge in [0.1, 0.15) is 7.05 Å². The van der Waals surface area contributed by atoms with Crippen molar-refractivity contribution in [2.75, 3.05) is 0 Å². The van der Waals surface area contributed by atoms with Gasteiger partial charge in [-0.1, -0.05) is 30.3 Å². The zero-order chi connectivity index (χ0) is 22.4. The number of hydrogen-bond donors (Lipinski definition) is 0. The Morgan fingerprint density at radius 2 is 1.69 bits per heavy atom. The lowest BCUT2D eigenvalue weighted by molar-refractivity contribution is -0.643. The third-order valence-corrected chi connectivity index (χ3v) is 7.03. The summed E-state index contributed by atoms with van der Waals surface area (Å²) in [5.74, 6) is 0. The van der Waals surface area contributed by atoms with Crippen LogP contribution < -0.4 is 4.57 Å². The van der Waals surface area contributed by atoms with Crippen molar-refractivity contribution in [2.45, 2.75) is 39.7 Å². The minimum Gasteiger partial charge on any atom is -0.311 e. The van der Waals surface area contributed by atoms with Crippen LogP contribution in [0.5, 0.6) is 0 Å². The zero-order valence-corrected chi connectivity index (χ0v) is 19.2. The van der Waals surface area contributed by atoms with E-state index in [4.69, 9.17) is 6.57 Å². The lowest BCUT2D eigenvalue weighted by atomic mass is 9.92. The number of para-hydroxylation sites is 1. The first-order chi connectivity index (χ1) is 15.3. The molecule has 0 unspecified atom stereocenters. The van der Waals surface area contributed by atoms with Crippen molar-refractivity contribution >= 4 is 49.0 Å². The Balaban J connectivity index is 1.96. The van der Waals surface area contributed by atoms with Crippen molar-refractivity contribution in [3.05, 3.63) is 82.8 Å². The second kappa shape index (κ2) is 6.20. The number of rotatable bonds is 2. The summed E-state index contributed by atoms with van der Waals surface area (Å²) >= 11 is 0. The van der Waals surface area contributed by atoms with E-state index in [9.17, 15) is 0 Å². The third kappa shape index (κ3) is 2.38. The van der Waals surface area contributed by atoms with Gasteiger partial charge in [-0.3, -0.25) is 0 Å². The highest BCUT2D eigenvalue weighted by molar-refractivity contribution is 6.26. The average molecular weight is 417 g/mol. The molecule has 6 aromatic rings. The van der Waals surface area contributed by atoms with Crippen molar-refractivity contribution in [3.63, 3.8) is 0 Å². The van der Waals surface area contributed by atoms with Crippen LogP contribution in [0.25, 0.3) is 53.8 Å². The first kappa shape index (κ1) is 19.1. The van der Waals surface area contributed by atoms with Crippen molar-refractivity contribution < 1.29 is 4.57 Å². The van der Waals surface area contributed by atoms with Crippen LogP contribution in [0, 0.1) is 20.4 Å². The van der Waals surface area contributed by atoms with Gasteiger partial charge >= 0.3 is 0 Å². The van der Waals surface area contributed by atoms with E-state index in [1.165, 1.54) is 65.7 Å². The molecule has 0 aliphatic rings. The van der Waals surface area contributed by atoms with Crippen LogP contribution in [0.1, 0.15) is 30.5 Å². The van der Waals surface area contributed by atoms with Gasteiger partial charge in [0.2, 0.25) is 11.1 Å². The largest absolute Gasteiger partial charge is 0.311 e. The zero-order valence-electron chi connectivity index (χ0n) is 19.2. The summed E-state index contributed by atoms with van der Waals surface area (Å²) < 4.78 is 4.75. The quantitative estimate of drug-likeness (QED) is 0.129. The Kier molecular flexibility index (Phi) is 3.70. The van der Waals surface area contributed by atoms with Crippen LogP contribution in [0.15, 0.2) is 54.7 Å². The van der Waals surface area contributed by atoms with Gasteiger partial charge in [-0.2, -0.15) is 0 Å². The third-order valence-electron chi connectivity index (χ3n) is 7.03. The van der Waals surface area contributed by atoms with Gasteiger partial charge in [0.25, 0.3) is 0 Å². The first-order valence-corrected chi connectivity index (χ1v) is 11.2. The standard InChI is InChI=1S/C29H26N3/c1-17-13-18(2)25-27-26-20(11-12-31(27)6)14-19(16-29(3,4)30-5)15-23(26)32-22-10-8-7-9-21(22)24(17)28(25)32/h7-15H,16H2,1-4,6H3/q+1. The van der Waals surface area contributed by atoms with Gasteiger partial charge in [0.05, 0.1) is 33.7 Å². The summed E-state index contributed by atoms with van der Waals surface area (Å²) in [6.45, 7) is 16.1. The summed E-state index contributed by atoms with van der Waals surface area (Å²) in [4.78, 5) is 3.87. The van der Waals surface area contributed by atoms with Crippen LogP contribution >= 0.6 is 0 Å². The van der Waals surface area contributed by atoms with Crippen molar-refractivity contribution in [2.24, 2.45) is 7.05 Å². The summed E-state index contributed by atoms with van der Waals surface area (Å²) in [7, 11) is 2.15. The number of nitrogens with zero attached hydrogens (tertiary/aromatic N) is 3. The monoisotopic (exact) mass is 416 g/mol. The fraction of sp³-hybridized carbons (Fsp3) is 0.241. The highest BCUT2D eigenvalue weighted by atomic mass is 15.0. The van der Waals surface area contributed by atoms with Crippen LogP contribution in [0.3, 0.4) is 0 Å². The van der Waals surface area contributed by atoms with E-state index in [1.54, 1.807) is 0 Å². The Morgan fingerprint density at radius 1 is 0.938 bits per heavy atom. The molecule has 32 heavy (non-hydrogen) atoms. The molecule has 0 bridgehead atoms. The predicted molar refractivity (Wildman–Crippen MR) is 134 cm³/mol. The van der Waals surface area contributed by atoms with E-state index in [1.807, 2.05) is 13.8 Å². The molecule has 0 saturated carbocycles. The van der Waals surface area contributed by atoms with Crippen molar-refractivity contribution in [3.8, 4) is 0 Å². The molecular weight excluding hydrogens is 390 g/mol. The highest BCUT2D eigenvalue weighted by Gasteiger charge is 2.27. The topological polar surface area (TPSA) is 12.7 Å². The molecule has 3 heterocycles. The molecule has 0 amide bonds. The molecule has 0 fully saturated rings. The lowest BCUT2D eigenvalue weighted by Gasteiger charge is -2.16. The van der Waals surface area contributed by atoms with E-state index < -0.39 is 5.54 Å². The van der Waals surface area contributed by atoms with E-state index in [-0.39, 0.29) is 0 Å². The molecular formula is C29H26N3+. The molecule has 0 aliphatic heterocycles. The summed E-state index contributed by atoms with van der Waals surface area (Å²) in [5.41, 5.74) is 8.49. The number of aryl methyl sites for hydroxylation is 3. The van der Waals surface area contributed by atoms with Crippen molar-refractivity contribution in [1.82, 2.24) is 4.40 Å². The van der Waals surface area contributed by atoms with E-state index in [2.05, 4.69) is 89.4 Å². The second-order valence-electron chi connectivity index (χ2n) is 9.92.